The summed E-state index contributed by atoms with van der Waals surface area (Å²) in [7, 11) is 0. The SMILES string of the molecule is O=C(NCc1ccccc1O)c1ccc2c(c1)NCC2. The highest BCUT2D eigenvalue weighted by Crippen LogP contribution is 2.23. The minimum absolute atomic E-state index is 0.134. The molecule has 4 heteroatoms. The van der Waals surface area contributed by atoms with Crippen molar-refractivity contribution < 1.29 is 9.90 Å². The lowest BCUT2D eigenvalue weighted by molar-refractivity contribution is 0.0951. The van der Waals surface area contributed by atoms with Gasteiger partial charge in [-0.1, -0.05) is 24.3 Å². The summed E-state index contributed by atoms with van der Waals surface area (Å²) in [6.45, 7) is 1.24. The fraction of sp³-hybridized carbons (Fsp3) is 0.188. The number of amides is 1. The minimum atomic E-state index is -0.134. The normalized spacial score (nSPS) is 12.6. The van der Waals surface area contributed by atoms with Gasteiger partial charge in [-0.05, 0) is 30.2 Å². The number of hydrogen-bond donors (Lipinski definition) is 3. The molecule has 0 saturated heterocycles. The maximum Gasteiger partial charge on any atom is 0.251 e. The number of benzene rings is 2. The molecular formula is C16H16N2O2. The Hall–Kier alpha value is -2.49. The van der Waals surface area contributed by atoms with E-state index < -0.39 is 0 Å². The molecule has 1 aliphatic rings. The van der Waals surface area contributed by atoms with E-state index >= 15 is 0 Å². The van der Waals surface area contributed by atoms with E-state index in [9.17, 15) is 9.90 Å². The van der Waals surface area contributed by atoms with Crippen molar-refractivity contribution in [3.63, 3.8) is 0 Å². The van der Waals surface area contributed by atoms with Crippen LogP contribution in [-0.2, 0) is 13.0 Å². The number of rotatable bonds is 3. The van der Waals surface area contributed by atoms with Gasteiger partial charge in [0, 0.05) is 29.9 Å². The van der Waals surface area contributed by atoms with Gasteiger partial charge in [0.25, 0.3) is 5.91 Å². The summed E-state index contributed by atoms with van der Waals surface area (Å²) < 4.78 is 0. The number of para-hydroxylation sites is 1. The average molecular weight is 268 g/mol. The highest BCUT2D eigenvalue weighted by Gasteiger charge is 2.13. The van der Waals surface area contributed by atoms with Crippen LogP contribution in [-0.4, -0.2) is 17.6 Å². The first-order chi connectivity index (χ1) is 9.74. The fourth-order valence-electron chi connectivity index (χ4n) is 2.37. The summed E-state index contributed by atoms with van der Waals surface area (Å²) in [5.74, 6) is 0.0631. The number of anilines is 1. The first kappa shape index (κ1) is 12.5. The zero-order chi connectivity index (χ0) is 13.9. The van der Waals surface area contributed by atoms with E-state index in [1.165, 1.54) is 5.56 Å². The number of phenolic OH excluding ortho intramolecular Hbond substituents is 1. The quantitative estimate of drug-likeness (QED) is 0.800. The Labute approximate surface area is 117 Å². The van der Waals surface area contributed by atoms with Crippen molar-refractivity contribution in [2.75, 3.05) is 11.9 Å². The van der Waals surface area contributed by atoms with Gasteiger partial charge in [-0.25, -0.2) is 0 Å². The molecule has 0 aliphatic carbocycles. The van der Waals surface area contributed by atoms with Gasteiger partial charge >= 0.3 is 0 Å². The third-order valence-electron chi connectivity index (χ3n) is 3.51. The molecular weight excluding hydrogens is 252 g/mol. The number of phenols is 1. The van der Waals surface area contributed by atoms with Gasteiger partial charge in [0.2, 0.25) is 0 Å². The lowest BCUT2D eigenvalue weighted by Crippen LogP contribution is -2.22. The first-order valence-corrected chi connectivity index (χ1v) is 6.66. The second-order valence-corrected chi connectivity index (χ2v) is 4.86. The number of carbonyl (C=O) groups excluding carboxylic acids is 1. The molecule has 0 saturated carbocycles. The van der Waals surface area contributed by atoms with E-state index in [1.54, 1.807) is 18.2 Å². The Bertz CT molecular complexity index is 653. The van der Waals surface area contributed by atoms with Crippen molar-refractivity contribution in [3.05, 3.63) is 59.2 Å². The molecule has 20 heavy (non-hydrogen) atoms. The van der Waals surface area contributed by atoms with E-state index in [1.807, 2.05) is 24.3 Å². The van der Waals surface area contributed by atoms with Gasteiger partial charge in [-0.3, -0.25) is 4.79 Å². The van der Waals surface area contributed by atoms with Crippen molar-refractivity contribution >= 4 is 11.6 Å². The summed E-state index contributed by atoms with van der Waals surface area (Å²) in [5, 5.41) is 15.7. The number of nitrogens with one attached hydrogen (secondary N) is 2. The summed E-state index contributed by atoms with van der Waals surface area (Å²) in [6, 6.07) is 12.7. The smallest absolute Gasteiger partial charge is 0.251 e. The Kier molecular flexibility index (Phi) is 3.29. The predicted octanol–water partition coefficient (Wildman–Crippen LogP) is 2.29. The molecule has 0 radical (unpaired) electrons. The predicted molar refractivity (Wildman–Crippen MR) is 77.9 cm³/mol. The standard InChI is InChI=1S/C16H16N2O2/c19-15-4-2-1-3-13(15)10-18-16(20)12-6-5-11-7-8-17-14(11)9-12/h1-6,9,17,19H,7-8,10H2,(H,18,20). The second-order valence-electron chi connectivity index (χ2n) is 4.86. The average Bonchev–Trinajstić information content (AvgIpc) is 2.93. The van der Waals surface area contributed by atoms with Crippen molar-refractivity contribution in [1.82, 2.24) is 5.32 Å². The molecule has 102 valence electrons. The minimum Gasteiger partial charge on any atom is -0.508 e. The molecule has 2 aromatic rings. The fourth-order valence-corrected chi connectivity index (χ4v) is 2.37. The van der Waals surface area contributed by atoms with Gasteiger partial charge < -0.3 is 15.7 Å². The summed E-state index contributed by atoms with van der Waals surface area (Å²) in [6.07, 6.45) is 1.01. The molecule has 0 spiro atoms. The van der Waals surface area contributed by atoms with Crippen LogP contribution in [0.15, 0.2) is 42.5 Å². The number of carbonyl (C=O) groups is 1. The molecule has 3 rings (SSSR count). The maximum atomic E-state index is 12.1. The van der Waals surface area contributed by atoms with Gasteiger partial charge in [0.15, 0.2) is 0 Å². The van der Waals surface area contributed by atoms with Crippen LogP contribution in [0.4, 0.5) is 5.69 Å². The van der Waals surface area contributed by atoms with E-state index in [0.717, 1.165) is 18.7 Å². The third-order valence-corrected chi connectivity index (χ3v) is 3.51. The van der Waals surface area contributed by atoms with E-state index in [2.05, 4.69) is 10.6 Å². The van der Waals surface area contributed by atoms with Crippen LogP contribution < -0.4 is 10.6 Å². The highest BCUT2D eigenvalue weighted by atomic mass is 16.3. The van der Waals surface area contributed by atoms with E-state index in [0.29, 0.717) is 17.7 Å². The molecule has 3 N–H and O–H groups in total. The van der Waals surface area contributed by atoms with Gasteiger partial charge in [-0.15, -0.1) is 0 Å². The van der Waals surface area contributed by atoms with Crippen LogP contribution in [0.1, 0.15) is 21.5 Å². The van der Waals surface area contributed by atoms with Crippen molar-refractivity contribution in [2.24, 2.45) is 0 Å². The lowest BCUT2D eigenvalue weighted by atomic mass is 10.1. The van der Waals surface area contributed by atoms with E-state index in [-0.39, 0.29) is 11.7 Å². The van der Waals surface area contributed by atoms with Crippen molar-refractivity contribution in [3.8, 4) is 5.75 Å². The zero-order valence-corrected chi connectivity index (χ0v) is 11.0. The first-order valence-electron chi connectivity index (χ1n) is 6.66. The van der Waals surface area contributed by atoms with Gasteiger partial charge in [0.05, 0.1) is 0 Å². The van der Waals surface area contributed by atoms with E-state index in [4.69, 9.17) is 0 Å². The second kappa shape index (κ2) is 5.25. The molecule has 1 aliphatic heterocycles. The lowest BCUT2D eigenvalue weighted by Gasteiger charge is -2.08. The van der Waals surface area contributed by atoms with Crippen LogP contribution in [0, 0.1) is 0 Å². The molecule has 0 fully saturated rings. The molecule has 2 aromatic carbocycles. The Morgan fingerprint density at radius 2 is 2.10 bits per heavy atom. The summed E-state index contributed by atoms with van der Waals surface area (Å²) in [4.78, 5) is 12.1. The molecule has 0 bridgehead atoms. The topological polar surface area (TPSA) is 61.4 Å². The highest BCUT2D eigenvalue weighted by molar-refractivity contribution is 5.95. The van der Waals surface area contributed by atoms with Gasteiger partial charge in [0.1, 0.15) is 5.75 Å². The molecule has 0 unspecified atom stereocenters. The Morgan fingerprint density at radius 3 is 2.95 bits per heavy atom. The molecule has 1 heterocycles. The Morgan fingerprint density at radius 1 is 1.25 bits per heavy atom. The van der Waals surface area contributed by atoms with Crippen LogP contribution in [0.5, 0.6) is 5.75 Å². The number of hydrogen-bond acceptors (Lipinski definition) is 3. The zero-order valence-electron chi connectivity index (χ0n) is 11.0. The van der Waals surface area contributed by atoms with Crippen LogP contribution in [0.2, 0.25) is 0 Å². The number of fused-ring (bicyclic) bond motifs is 1. The van der Waals surface area contributed by atoms with Gasteiger partial charge in [-0.2, -0.15) is 0 Å². The monoisotopic (exact) mass is 268 g/mol. The Balaban J connectivity index is 1.69. The van der Waals surface area contributed by atoms with Crippen molar-refractivity contribution in [1.29, 1.82) is 0 Å². The third kappa shape index (κ3) is 2.45. The van der Waals surface area contributed by atoms with Crippen molar-refractivity contribution in [2.45, 2.75) is 13.0 Å². The molecule has 0 aromatic heterocycles. The molecule has 1 amide bonds. The largest absolute Gasteiger partial charge is 0.508 e. The summed E-state index contributed by atoms with van der Waals surface area (Å²) in [5.41, 5.74) is 3.64. The molecule has 4 nitrogen and oxygen atoms in total. The molecule has 0 atom stereocenters. The van der Waals surface area contributed by atoms with Crippen LogP contribution >= 0.6 is 0 Å². The number of aromatic hydroxyl groups is 1. The van der Waals surface area contributed by atoms with Crippen LogP contribution in [0.3, 0.4) is 0 Å². The maximum absolute atomic E-state index is 12.1. The summed E-state index contributed by atoms with van der Waals surface area (Å²) >= 11 is 0. The van der Waals surface area contributed by atoms with Crippen LogP contribution in [0.25, 0.3) is 0 Å².